The number of hydrogen-bond donors (Lipinski definition) is 1. The monoisotopic (exact) mass is 372 g/mol. The van der Waals surface area contributed by atoms with E-state index in [0.29, 0.717) is 0 Å². The van der Waals surface area contributed by atoms with Crippen LogP contribution in [-0.2, 0) is 20.7 Å². The first-order chi connectivity index (χ1) is 12.9. The summed E-state index contributed by atoms with van der Waals surface area (Å²) >= 11 is 0. The molecule has 2 aromatic carbocycles. The Morgan fingerprint density at radius 1 is 1.11 bits per heavy atom. The zero-order valence-corrected chi connectivity index (χ0v) is 15.0. The minimum Gasteiger partial charge on any atom is -0.474 e. The molecule has 0 heterocycles. The fourth-order valence-electron chi connectivity index (χ4n) is 2.43. The molecule has 8 heteroatoms. The smallest absolute Gasteiger partial charge is 0.328 e. The van der Waals surface area contributed by atoms with Crippen LogP contribution in [0.2, 0.25) is 0 Å². The third-order valence-corrected chi connectivity index (χ3v) is 3.82. The Labute approximate surface area is 156 Å². The van der Waals surface area contributed by atoms with Crippen molar-refractivity contribution in [1.29, 1.82) is 0 Å². The van der Waals surface area contributed by atoms with E-state index >= 15 is 0 Å². The largest absolute Gasteiger partial charge is 0.474 e. The number of amides is 1. The van der Waals surface area contributed by atoms with Gasteiger partial charge in [0.25, 0.3) is 5.91 Å². The Hall–Kier alpha value is -3.42. The van der Waals surface area contributed by atoms with Crippen LogP contribution in [0.1, 0.15) is 12.5 Å². The average Bonchev–Trinajstić information content (AvgIpc) is 2.67. The van der Waals surface area contributed by atoms with Crippen molar-refractivity contribution < 1.29 is 24.0 Å². The normalized spacial score (nSPS) is 12.5. The number of benzene rings is 2. The van der Waals surface area contributed by atoms with E-state index < -0.39 is 28.9 Å². The van der Waals surface area contributed by atoms with E-state index in [1.807, 2.05) is 30.3 Å². The number of ether oxygens (including phenoxy) is 2. The second-order valence-electron chi connectivity index (χ2n) is 5.76. The Morgan fingerprint density at radius 2 is 1.74 bits per heavy atom. The number of para-hydroxylation sites is 2. The lowest BCUT2D eigenvalue weighted by Crippen LogP contribution is -2.47. The van der Waals surface area contributed by atoms with Gasteiger partial charge in [-0.25, -0.2) is 4.79 Å². The van der Waals surface area contributed by atoms with E-state index in [2.05, 4.69) is 5.32 Å². The summed E-state index contributed by atoms with van der Waals surface area (Å²) in [6, 6.07) is 14.0. The van der Waals surface area contributed by atoms with Crippen LogP contribution in [0.3, 0.4) is 0 Å². The van der Waals surface area contributed by atoms with Gasteiger partial charge in [0.05, 0.1) is 12.0 Å². The summed E-state index contributed by atoms with van der Waals surface area (Å²) < 4.78 is 10.2. The van der Waals surface area contributed by atoms with E-state index in [4.69, 9.17) is 9.47 Å². The molecule has 8 nitrogen and oxygen atoms in total. The highest BCUT2D eigenvalue weighted by atomic mass is 16.6. The van der Waals surface area contributed by atoms with Crippen molar-refractivity contribution >= 4 is 17.6 Å². The topological polar surface area (TPSA) is 108 Å². The zero-order chi connectivity index (χ0) is 19.8. The highest BCUT2D eigenvalue weighted by Gasteiger charge is 2.26. The number of nitrogens with one attached hydrogen (secondary N) is 1. The molecule has 0 aliphatic heterocycles. The van der Waals surface area contributed by atoms with Gasteiger partial charge >= 0.3 is 11.7 Å². The molecule has 0 bridgehead atoms. The van der Waals surface area contributed by atoms with Crippen molar-refractivity contribution in [3.8, 4) is 5.75 Å². The van der Waals surface area contributed by atoms with Gasteiger partial charge in [-0.2, -0.15) is 0 Å². The summed E-state index contributed by atoms with van der Waals surface area (Å²) in [5, 5.41) is 13.6. The number of carbonyl (C=O) groups excluding carboxylic acids is 2. The lowest BCUT2D eigenvalue weighted by Gasteiger charge is -2.20. The number of carbonyl (C=O) groups is 2. The summed E-state index contributed by atoms with van der Waals surface area (Å²) in [5.74, 6) is -1.20. The van der Waals surface area contributed by atoms with E-state index in [-0.39, 0.29) is 17.9 Å². The van der Waals surface area contributed by atoms with Crippen LogP contribution in [0, 0.1) is 10.1 Å². The molecule has 2 rings (SSSR count). The van der Waals surface area contributed by atoms with Gasteiger partial charge < -0.3 is 14.8 Å². The maximum absolute atomic E-state index is 12.4. The van der Waals surface area contributed by atoms with Crippen molar-refractivity contribution in [2.45, 2.75) is 25.5 Å². The zero-order valence-electron chi connectivity index (χ0n) is 15.0. The quantitative estimate of drug-likeness (QED) is 0.433. The summed E-state index contributed by atoms with van der Waals surface area (Å²) in [5.41, 5.74) is 0.603. The third-order valence-electron chi connectivity index (χ3n) is 3.82. The van der Waals surface area contributed by atoms with Crippen LogP contribution in [0.15, 0.2) is 54.6 Å². The molecule has 0 saturated heterocycles. The van der Waals surface area contributed by atoms with Crippen LogP contribution >= 0.6 is 0 Å². The van der Waals surface area contributed by atoms with Gasteiger partial charge in [-0.3, -0.25) is 14.9 Å². The van der Waals surface area contributed by atoms with Gasteiger partial charge in [-0.15, -0.1) is 0 Å². The molecule has 27 heavy (non-hydrogen) atoms. The highest BCUT2D eigenvalue weighted by Crippen LogP contribution is 2.26. The number of methoxy groups -OCH3 is 1. The SMILES string of the molecule is COC(=O)C(Cc1ccccc1)NC(=O)C(C)Oc1ccccc1[N+](=O)[O-]. The van der Waals surface area contributed by atoms with Crippen molar-refractivity contribution in [2.24, 2.45) is 0 Å². The molecule has 0 aliphatic carbocycles. The Morgan fingerprint density at radius 3 is 2.37 bits per heavy atom. The number of esters is 1. The molecule has 1 N–H and O–H groups in total. The van der Waals surface area contributed by atoms with E-state index in [1.54, 1.807) is 6.07 Å². The Balaban J connectivity index is 2.08. The summed E-state index contributed by atoms with van der Waals surface area (Å²) in [4.78, 5) is 34.9. The molecular weight excluding hydrogens is 352 g/mol. The van der Waals surface area contributed by atoms with Gasteiger partial charge in [0.1, 0.15) is 6.04 Å². The number of nitrogens with zero attached hydrogens (tertiary/aromatic N) is 1. The first-order valence-corrected chi connectivity index (χ1v) is 8.24. The van der Waals surface area contributed by atoms with Gasteiger partial charge in [-0.1, -0.05) is 42.5 Å². The summed E-state index contributed by atoms with van der Waals surface area (Å²) in [7, 11) is 1.24. The molecule has 2 aromatic rings. The molecular formula is C19H20N2O6. The molecule has 0 spiro atoms. The predicted molar refractivity (Wildman–Crippen MR) is 97.3 cm³/mol. The molecule has 142 valence electrons. The fourth-order valence-corrected chi connectivity index (χ4v) is 2.43. The minimum absolute atomic E-state index is 0.0252. The molecule has 0 radical (unpaired) electrons. The molecule has 0 aromatic heterocycles. The van der Waals surface area contributed by atoms with Crippen LogP contribution in [-0.4, -0.2) is 36.1 Å². The molecule has 0 fully saturated rings. The van der Waals surface area contributed by atoms with Crippen LogP contribution in [0.4, 0.5) is 5.69 Å². The first kappa shape index (κ1) is 19.9. The van der Waals surface area contributed by atoms with Gasteiger partial charge in [-0.05, 0) is 18.6 Å². The molecule has 0 saturated carbocycles. The molecule has 2 unspecified atom stereocenters. The number of nitro groups is 1. The van der Waals surface area contributed by atoms with E-state index in [9.17, 15) is 19.7 Å². The molecule has 0 aliphatic rings. The Bertz CT molecular complexity index is 809. The number of hydrogen-bond acceptors (Lipinski definition) is 6. The lowest BCUT2D eigenvalue weighted by atomic mass is 10.1. The van der Waals surface area contributed by atoms with Crippen molar-refractivity contribution in [3.05, 3.63) is 70.3 Å². The third kappa shape index (κ3) is 5.53. The first-order valence-electron chi connectivity index (χ1n) is 8.24. The van der Waals surface area contributed by atoms with Crippen molar-refractivity contribution in [1.82, 2.24) is 5.32 Å². The summed E-state index contributed by atoms with van der Waals surface area (Å²) in [6.07, 6.45) is -0.800. The number of rotatable bonds is 8. The second-order valence-corrected chi connectivity index (χ2v) is 5.76. The van der Waals surface area contributed by atoms with Crippen LogP contribution in [0.25, 0.3) is 0 Å². The van der Waals surface area contributed by atoms with E-state index in [1.165, 1.54) is 32.2 Å². The highest BCUT2D eigenvalue weighted by molar-refractivity contribution is 5.87. The standard InChI is InChI=1S/C19H20N2O6/c1-13(27-17-11-7-6-10-16(17)21(24)25)18(22)20-15(19(23)26-2)12-14-8-4-3-5-9-14/h3-11,13,15H,12H2,1-2H3,(H,20,22). The van der Waals surface area contributed by atoms with Gasteiger partial charge in [0.2, 0.25) is 0 Å². The maximum atomic E-state index is 12.4. The van der Waals surface area contributed by atoms with Crippen molar-refractivity contribution in [2.75, 3.05) is 7.11 Å². The minimum atomic E-state index is -1.05. The fraction of sp³-hybridized carbons (Fsp3) is 0.263. The maximum Gasteiger partial charge on any atom is 0.328 e. The van der Waals surface area contributed by atoms with Gasteiger partial charge in [0, 0.05) is 12.5 Å². The molecule has 2 atom stereocenters. The van der Waals surface area contributed by atoms with Crippen LogP contribution in [0.5, 0.6) is 5.75 Å². The van der Waals surface area contributed by atoms with E-state index in [0.717, 1.165) is 5.56 Å². The number of nitro benzene ring substituents is 1. The second kappa shape index (κ2) is 9.33. The Kier molecular flexibility index (Phi) is 6.87. The average molecular weight is 372 g/mol. The van der Waals surface area contributed by atoms with Gasteiger partial charge in [0.15, 0.2) is 11.9 Å². The summed E-state index contributed by atoms with van der Waals surface area (Å²) in [6.45, 7) is 1.45. The molecule has 1 amide bonds. The predicted octanol–water partition coefficient (Wildman–Crippen LogP) is 2.26. The lowest BCUT2D eigenvalue weighted by molar-refractivity contribution is -0.386. The van der Waals surface area contributed by atoms with Crippen LogP contribution < -0.4 is 10.1 Å². The van der Waals surface area contributed by atoms with Crippen molar-refractivity contribution in [3.63, 3.8) is 0 Å².